The van der Waals surface area contributed by atoms with Crippen molar-refractivity contribution in [2.45, 2.75) is 32.0 Å². The van der Waals surface area contributed by atoms with Crippen molar-refractivity contribution < 1.29 is 17.9 Å². The van der Waals surface area contributed by atoms with Crippen LogP contribution in [0.25, 0.3) is 0 Å². The monoisotopic (exact) mass is 282 g/mol. The molecule has 1 N–H and O–H groups in total. The summed E-state index contributed by atoms with van der Waals surface area (Å²) in [5, 5.41) is 2.42. The Kier molecular flexibility index (Phi) is 6.04. The average molecular weight is 282 g/mol. The Hall–Kier alpha value is -0.660. The van der Waals surface area contributed by atoms with Crippen LogP contribution in [-0.2, 0) is 10.9 Å². The van der Waals surface area contributed by atoms with Crippen LogP contribution in [-0.4, -0.2) is 25.2 Å². The number of hydrogen-bond acceptors (Lipinski definition) is 4. The lowest BCUT2D eigenvalue weighted by Gasteiger charge is -2.16. The van der Waals surface area contributed by atoms with Crippen LogP contribution in [0.2, 0.25) is 0 Å². The largest absolute Gasteiger partial charge is 0.443 e. The number of halogens is 3. The van der Waals surface area contributed by atoms with Crippen LogP contribution in [0, 0.1) is 0 Å². The molecule has 1 atom stereocenters. The molecule has 1 unspecified atom stereocenters. The fourth-order valence-electron chi connectivity index (χ4n) is 1.48. The Morgan fingerprint density at radius 1 is 1.50 bits per heavy atom. The number of nitrogens with zero attached hydrogens (tertiary/aromatic N) is 1. The van der Waals surface area contributed by atoms with Gasteiger partial charge in [0, 0.05) is 30.8 Å². The summed E-state index contributed by atoms with van der Waals surface area (Å²) in [5.41, 5.74) is 0. The lowest BCUT2D eigenvalue weighted by molar-refractivity contribution is -0.137. The normalized spacial score (nSPS) is 13.8. The number of rotatable bonds is 7. The predicted molar refractivity (Wildman–Crippen MR) is 64.6 cm³/mol. The summed E-state index contributed by atoms with van der Waals surface area (Å²) in [5.74, 6) is 0. The highest BCUT2D eigenvalue weighted by Crippen LogP contribution is 2.34. The number of ether oxygens (including phenoxy) is 1. The van der Waals surface area contributed by atoms with Gasteiger partial charge in [0.1, 0.15) is 0 Å². The van der Waals surface area contributed by atoms with E-state index in [0.29, 0.717) is 29.2 Å². The van der Waals surface area contributed by atoms with E-state index in [0.717, 1.165) is 13.0 Å². The molecule has 18 heavy (non-hydrogen) atoms. The third-order valence-corrected chi connectivity index (χ3v) is 3.52. The van der Waals surface area contributed by atoms with Gasteiger partial charge in [0.25, 0.3) is 0 Å². The number of nitrogens with one attached hydrogen (secondary N) is 1. The first-order valence-electron chi connectivity index (χ1n) is 5.74. The van der Waals surface area contributed by atoms with Gasteiger partial charge < -0.3 is 10.1 Å². The highest BCUT2D eigenvalue weighted by molar-refractivity contribution is 7.11. The number of hydrogen-bond donors (Lipinski definition) is 1. The maximum Gasteiger partial charge on any atom is 0.443 e. The highest BCUT2D eigenvalue weighted by Gasteiger charge is 2.35. The molecule has 0 spiro atoms. The summed E-state index contributed by atoms with van der Waals surface area (Å²) in [6.07, 6.45) is -1.50. The first-order valence-corrected chi connectivity index (χ1v) is 6.56. The predicted octanol–water partition coefficient (Wildman–Crippen LogP) is 3.24. The molecule has 1 heterocycles. The highest BCUT2D eigenvalue weighted by atomic mass is 32.1. The van der Waals surface area contributed by atoms with Crippen molar-refractivity contribution in [2.75, 3.05) is 20.3 Å². The maximum atomic E-state index is 12.5. The van der Waals surface area contributed by atoms with E-state index in [1.807, 2.05) is 6.92 Å². The van der Waals surface area contributed by atoms with Gasteiger partial charge in [0.05, 0.1) is 0 Å². The minimum atomic E-state index is -4.36. The van der Waals surface area contributed by atoms with Crippen LogP contribution in [0.15, 0.2) is 6.20 Å². The fourth-order valence-corrected chi connectivity index (χ4v) is 2.37. The van der Waals surface area contributed by atoms with Crippen molar-refractivity contribution in [3.63, 3.8) is 0 Å². The topological polar surface area (TPSA) is 34.1 Å². The molecule has 1 rings (SSSR count). The van der Waals surface area contributed by atoms with E-state index in [1.54, 1.807) is 7.11 Å². The molecule has 0 aliphatic rings. The molecular weight excluding hydrogens is 265 g/mol. The van der Waals surface area contributed by atoms with Crippen molar-refractivity contribution in [1.29, 1.82) is 0 Å². The van der Waals surface area contributed by atoms with Crippen LogP contribution >= 0.6 is 11.3 Å². The van der Waals surface area contributed by atoms with Gasteiger partial charge in [-0.25, -0.2) is 4.98 Å². The molecule has 0 aliphatic carbocycles. The lowest BCUT2D eigenvalue weighted by Crippen LogP contribution is -2.22. The van der Waals surface area contributed by atoms with Crippen molar-refractivity contribution in [1.82, 2.24) is 10.3 Å². The van der Waals surface area contributed by atoms with Crippen LogP contribution in [0.4, 0.5) is 13.2 Å². The molecular formula is C11H17F3N2OS. The van der Waals surface area contributed by atoms with E-state index in [-0.39, 0.29) is 6.04 Å². The van der Waals surface area contributed by atoms with Crippen molar-refractivity contribution in [3.8, 4) is 0 Å². The SMILES string of the molecule is CCCNC(CCOC)c1cnc(C(F)(F)F)s1. The molecule has 1 aromatic rings. The molecule has 0 saturated carbocycles. The van der Waals surface area contributed by atoms with Gasteiger partial charge in [-0.3, -0.25) is 0 Å². The number of thiazole rings is 1. The van der Waals surface area contributed by atoms with Gasteiger partial charge in [0.15, 0.2) is 5.01 Å². The second-order valence-electron chi connectivity index (χ2n) is 3.85. The molecule has 0 bridgehead atoms. The van der Waals surface area contributed by atoms with Crippen LogP contribution in [0.5, 0.6) is 0 Å². The smallest absolute Gasteiger partial charge is 0.385 e. The first-order chi connectivity index (χ1) is 8.49. The van der Waals surface area contributed by atoms with Crippen LogP contribution < -0.4 is 5.32 Å². The summed E-state index contributed by atoms with van der Waals surface area (Å²) < 4.78 is 42.4. The zero-order valence-electron chi connectivity index (χ0n) is 10.4. The fraction of sp³-hybridized carbons (Fsp3) is 0.727. The molecule has 104 valence electrons. The molecule has 0 saturated heterocycles. The molecule has 0 radical (unpaired) electrons. The van der Waals surface area contributed by atoms with Crippen LogP contribution in [0.1, 0.15) is 35.7 Å². The van der Waals surface area contributed by atoms with Gasteiger partial charge in [-0.15, -0.1) is 11.3 Å². The van der Waals surface area contributed by atoms with E-state index in [9.17, 15) is 13.2 Å². The van der Waals surface area contributed by atoms with Crippen LogP contribution in [0.3, 0.4) is 0 Å². The maximum absolute atomic E-state index is 12.5. The van der Waals surface area contributed by atoms with E-state index in [2.05, 4.69) is 10.3 Å². The molecule has 3 nitrogen and oxygen atoms in total. The van der Waals surface area contributed by atoms with Gasteiger partial charge >= 0.3 is 6.18 Å². The quantitative estimate of drug-likeness (QED) is 0.833. The lowest BCUT2D eigenvalue weighted by atomic mass is 10.2. The summed E-state index contributed by atoms with van der Waals surface area (Å²) in [6.45, 7) is 3.27. The van der Waals surface area contributed by atoms with Gasteiger partial charge in [0.2, 0.25) is 0 Å². The van der Waals surface area contributed by atoms with Crippen molar-refractivity contribution in [2.24, 2.45) is 0 Å². The molecule has 1 aromatic heterocycles. The summed E-state index contributed by atoms with van der Waals surface area (Å²) in [6, 6.07) is -0.126. The number of aromatic nitrogens is 1. The van der Waals surface area contributed by atoms with E-state index >= 15 is 0 Å². The molecule has 0 fully saturated rings. The minimum Gasteiger partial charge on any atom is -0.385 e. The Balaban J connectivity index is 2.74. The summed E-state index contributed by atoms with van der Waals surface area (Å²) in [4.78, 5) is 4.04. The van der Waals surface area contributed by atoms with Gasteiger partial charge in [-0.2, -0.15) is 13.2 Å². The molecule has 0 aromatic carbocycles. The molecule has 7 heteroatoms. The molecule has 0 aliphatic heterocycles. The standard InChI is InChI=1S/C11H17F3N2OS/c1-3-5-15-8(4-6-17-2)9-7-16-10(18-9)11(12,13)14/h7-8,15H,3-6H2,1-2H3. The Morgan fingerprint density at radius 2 is 2.22 bits per heavy atom. The third-order valence-electron chi connectivity index (χ3n) is 2.36. The third kappa shape index (κ3) is 4.55. The Bertz CT molecular complexity index is 346. The Labute approximate surface area is 108 Å². The zero-order chi connectivity index (χ0) is 13.6. The van der Waals surface area contributed by atoms with Crippen molar-refractivity contribution in [3.05, 3.63) is 16.1 Å². The first kappa shape index (κ1) is 15.4. The number of alkyl halides is 3. The number of methoxy groups -OCH3 is 1. The average Bonchev–Trinajstić information content (AvgIpc) is 2.78. The minimum absolute atomic E-state index is 0.126. The van der Waals surface area contributed by atoms with E-state index in [4.69, 9.17) is 4.74 Å². The van der Waals surface area contributed by atoms with Gasteiger partial charge in [-0.05, 0) is 19.4 Å². The van der Waals surface area contributed by atoms with E-state index in [1.165, 1.54) is 6.20 Å². The summed E-state index contributed by atoms with van der Waals surface area (Å²) in [7, 11) is 1.57. The van der Waals surface area contributed by atoms with Gasteiger partial charge in [-0.1, -0.05) is 6.92 Å². The zero-order valence-corrected chi connectivity index (χ0v) is 11.2. The Morgan fingerprint density at radius 3 is 2.72 bits per heavy atom. The second-order valence-corrected chi connectivity index (χ2v) is 4.92. The van der Waals surface area contributed by atoms with Crippen molar-refractivity contribution >= 4 is 11.3 Å². The molecule has 0 amide bonds. The second kappa shape index (κ2) is 7.06. The summed E-state index contributed by atoms with van der Waals surface area (Å²) >= 11 is 0.695. The van der Waals surface area contributed by atoms with E-state index < -0.39 is 11.2 Å².